The van der Waals surface area contributed by atoms with Gasteiger partial charge in [-0.2, -0.15) is 11.8 Å². The number of anilines is 1. The number of sulfonamides is 1. The van der Waals surface area contributed by atoms with Crippen molar-refractivity contribution in [1.82, 2.24) is 5.32 Å². The second-order valence-electron chi connectivity index (χ2n) is 7.73. The Kier molecular flexibility index (Phi) is 7.83. The molecule has 30 heavy (non-hydrogen) atoms. The molecule has 2 aromatic carbocycles. The molecule has 0 saturated heterocycles. The van der Waals surface area contributed by atoms with Gasteiger partial charge in [0.2, 0.25) is 0 Å². The highest BCUT2D eigenvalue weighted by atomic mass is 32.2. The molecule has 1 fully saturated rings. The third kappa shape index (κ3) is 5.79. The summed E-state index contributed by atoms with van der Waals surface area (Å²) in [5.41, 5.74) is 1.93. The van der Waals surface area contributed by atoms with Gasteiger partial charge in [0.1, 0.15) is 0 Å². The van der Waals surface area contributed by atoms with Gasteiger partial charge in [-0.25, -0.2) is 8.42 Å². The van der Waals surface area contributed by atoms with Gasteiger partial charge in [-0.1, -0.05) is 37.5 Å². The molecule has 1 amide bonds. The zero-order chi connectivity index (χ0) is 21.6. The molecule has 1 aliphatic rings. The van der Waals surface area contributed by atoms with Crippen molar-refractivity contribution in [1.29, 1.82) is 0 Å². The van der Waals surface area contributed by atoms with Crippen molar-refractivity contribution in [2.45, 2.75) is 49.2 Å². The molecule has 2 aromatic rings. The van der Waals surface area contributed by atoms with Crippen molar-refractivity contribution in [2.24, 2.45) is 0 Å². The first kappa shape index (κ1) is 22.7. The first-order valence-electron chi connectivity index (χ1n) is 10.4. The molecule has 5 nitrogen and oxygen atoms in total. The van der Waals surface area contributed by atoms with Gasteiger partial charge in [0.05, 0.1) is 10.6 Å². The number of amides is 1. The van der Waals surface area contributed by atoms with Crippen LogP contribution < -0.4 is 9.62 Å². The molecule has 0 atom stereocenters. The lowest BCUT2D eigenvalue weighted by Gasteiger charge is -2.21. The van der Waals surface area contributed by atoms with E-state index in [1.807, 2.05) is 36.9 Å². The van der Waals surface area contributed by atoms with E-state index >= 15 is 0 Å². The van der Waals surface area contributed by atoms with Gasteiger partial charge in [-0.05, 0) is 55.7 Å². The molecule has 0 bridgehead atoms. The van der Waals surface area contributed by atoms with Crippen molar-refractivity contribution in [2.75, 3.05) is 23.7 Å². The van der Waals surface area contributed by atoms with E-state index in [0.29, 0.717) is 23.0 Å². The zero-order valence-electron chi connectivity index (χ0n) is 17.6. The molecule has 162 valence electrons. The van der Waals surface area contributed by atoms with E-state index in [4.69, 9.17) is 0 Å². The third-order valence-electron chi connectivity index (χ3n) is 5.41. The average molecular weight is 447 g/mol. The maximum atomic E-state index is 13.0. The Morgan fingerprint density at radius 1 is 1.10 bits per heavy atom. The molecule has 1 saturated carbocycles. The number of carbonyl (C=O) groups is 1. The van der Waals surface area contributed by atoms with Gasteiger partial charge in [-0.15, -0.1) is 0 Å². The molecule has 0 heterocycles. The minimum Gasteiger partial charge on any atom is -0.351 e. The lowest BCUT2D eigenvalue weighted by molar-refractivity contribution is 0.0956. The Bertz CT molecular complexity index is 970. The zero-order valence-corrected chi connectivity index (χ0v) is 19.3. The summed E-state index contributed by atoms with van der Waals surface area (Å²) in [7, 11) is -2.23. The number of hydrogen-bond donors (Lipinski definition) is 1. The van der Waals surface area contributed by atoms with Crippen LogP contribution in [0, 0.1) is 6.92 Å². The van der Waals surface area contributed by atoms with E-state index in [9.17, 15) is 13.2 Å². The average Bonchev–Trinajstić information content (AvgIpc) is 2.77. The van der Waals surface area contributed by atoms with Gasteiger partial charge in [-0.3, -0.25) is 9.10 Å². The van der Waals surface area contributed by atoms with Crippen molar-refractivity contribution in [3.63, 3.8) is 0 Å². The predicted octanol–water partition coefficient (Wildman–Crippen LogP) is 4.62. The highest BCUT2D eigenvalue weighted by Crippen LogP contribution is 2.28. The van der Waals surface area contributed by atoms with Crippen LogP contribution >= 0.6 is 11.8 Å². The Morgan fingerprint density at radius 2 is 1.83 bits per heavy atom. The number of hydrogen-bond acceptors (Lipinski definition) is 4. The minimum absolute atomic E-state index is 0.107. The van der Waals surface area contributed by atoms with E-state index in [-0.39, 0.29) is 10.8 Å². The normalized spacial score (nSPS) is 15.0. The summed E-state index contributed by atoms with van der Waals surface area (Å²) in [5, 5.41) is 3.63. The van der Waals surface area contributed by atoms with E-state index < -0.39 is 10.0 Å². The lowest BCUT2D eigenvalue weighted by atomic mass is 10.0. The number of rotatable bonds is 8. The third-order valence-corrected chi connectivity index (χ3v) is 8.58. The first-order valence-corrected chi connectivity index (χ1v) is 12.9. The Balaban J connectivity index is 1.62. The second kappa shape index (κ2) is 10.4. The van der Waals surface area contributed by atoms with Crippen LogP contribution in [-0.2, 0) is 10.0 Å². The van der Waals surface area contributed by atoms with E-state index in [2.05, 4.69) is 5.32 Å². The summed E-state index contributed by atoms with van der Waals surface area (Å²) in [6, 6.07) is 13.6. The molecule has 1 N–H and O–H groups in total. The highest BCUT2D eigenvalue weighted by molar-refractivity contribution is 7.99. The van der Waals surface area contributed by atoms with Crippen LogP contribution in [0.5, 0.6) is 0 Å². The molecule has 7 heteroatoms. The molecule has 1 aliphatic carbocycles. The molecular formula is C23H30N2O3S2. The summed E-state index contributed by atoms with van der Waals surface area (Å²) in [6.07, 6.45) is 6.50. The highest BCUT2D eigenvalue weighted by Gasteiger charge is 2.22. The van der Waals surface area contributed by atoms with Gasteiger partial charge in [0, 0.05) is 30.2 Å². The standard InChI is InChI=1S/C23H30N2O3S2/c1-18-8-6-10-20(16-18)25(2)30(27,28)22-13-7-9-19(17-22)23(26)24-14-15-29-21-11-4-3-5-12-21/h6-10,13,16-17,21H,3-5,11-12,14-15H2,1-2H3,(H,24,26). The minimum atomic E-state index is -3.76. The summed E-state index contributed by atoms with van der Waals surface area (Å²) in [6.45, 7) is 2.50. The molecule has 0 aliphatic heterocycles. The van der Waals surface area contributed by atoms with E-state index in [0.717, 1.165) is 11.3 Å². The SMILES string of the molecule is Cc1cccc(N(C)S(=O)(=O)c2cccc(C(=O)NCCSC3CCCCC3)c2)c1. The van der Waals surface area contributed by atoms with Crippen LogP contribution in [0.3, 0.4) is 0 Å². The van der Waals surface area contributed by atoms with Crippen molar-refractivity contribution < 1.29 is 13.2 Å². The topological polar surface area (TPSA) is 66.5 Å². The molecule has 0 unspecified atom stereocenters. The van der Waals surface area contributed by atoms with Crippen LogP contribution in [-0.4, -0.2) is 38.9 Å². The van der Waals surface area contributed by atoms with Gasteiger partial charge in [0.15, 0.2) is 0 Å². The molecule has 3 rings (SSSR count). The second-order valence-corrected chi connectivity index (χ2v) is 11.1. The Labute approximate surface area is 184 Å². The van der Waals surface area contributed by atoms with Crippen LogP contribution in [0.4, 0.5) is 5.69 Å². The fourth-order valence-electron chi connectivity index (χ4n) is 3.64. The summed E-state index contributed by atoms with van der Waals surface area (Å²) in [4.78, 5) is 12.6. The summed E-state index contributed by atoms with van der Waals surface area (Å²) in [5.74, 6) is 0.638. The lowest BCUT2D eigenvalue weighted by Crippen LogP contribution is -2.28. The predicted molar refractivity (Wildman–Crippen MR) is 125 cm³/mol. The van der Waals surface area contributed by atoms with Crippen LogP contribution in [0.15, 0.2) is 53.4 Å². The van der Waals surface area contributed by atoms with Gasteiger partial charge in [0.25, 0.3) is 15.9 Å². The number of benzene rings is 2. The summed E-state index contributed by atoms with van der Waals surface area (Å²) >= 11 is 1.93. The number of aryl methyl sites for hydroxylation is 1. The maximum absolute atomic E-state index is 13.0. The summed E-state index contributed by atoms with van der Waals surface area (Å²) < 4.78 is 27.3. The first-order chi connectivity index (χ1) is 14.4. The van der Waals surface area contributed by atoms with Gasteiger partial charge < -0.3 is 5.32 Å². The number of carbonyl (C=O) groups excluding carboxylic acids is 1. The van der Waals surface area contributed by atoms with Crippen LogP contribution in [0.2, 0.25) is 0 Å². The van der Waals surface area contributed by atoms with Gasteiger partial charge >= 0.3 is 0 Å². The fraction of sp³-hybridized carbons (Fsp3) is 0.435. The largest absolute Gasteiger partial charge is 0.351 e. The quantitative estimate of drug-likeness (QED) is 0.601. The number of nitrogens with zero attached hydrogens (tertiary/aromatic N) is 1. The van der Waals surface area contributed by atoms with Crippen molar-refractivity contribution in [3.05, 3.63) is 59.7 Å². The monoisotopic (exact) mass is 446 g/mol. The van der Waals surface area contributed by atoms with Crippen molar-refractivity contribution >= 4 is 33.4 Å². The van der Waals surface area contributed by atoms with E-state index in [1.165, 1.54) is 55.6 Å². The number of nitrogens with one attached hydrogen (secondary N) is 1. The number of thioether (sulfide) groups is 1. The van der Waals surface area contributed by atoms with Crippen LogP contribution in [0.25, 0.3) is 0 Å². The molecular weight excluding hydrogens is 416 g/mol. The smallest absolute Gasteiger partial charge is 0.264 e. The van der Waals surface area contributed by atoms with Crippen molar-refractivity contribution in [3.8, 4) is 0 Å². The molecule has 0 aromatic heterocycles. The van der Waals surface area contributed by atoms with Crippen LogP contribution in [0.1, 0.15) is 48.0 Å². The molecule has 0 radical (unpaired) electrons. The van der Waals surface area contributed by atoms with E-state index in [1.54, 1.807) is 18.2 Å². The Morgan fingerprint density at radius 3 is 2.57 bits per heavy atom. The fourth-order valence-corrected chi connectivity index (χ4v) is 6.10. The Hall–Kier alpha value is -1.99. The maximum Gasteiger partial charge on any atom is 0.264 e. The molecule has 0 spiro atoms.